The largest absolute Gasteiger partial charge is 0.339 e. The summed E-state index contributed by atoms with van der Waals surface area (Å²) in [6, 6.07) is 7.41. The van der Waals surface area contributed by atoms with Crippen molar-refractivity contribution in [2.24, 2.45) is 0 Å². The molecule has 1 heterocycles. The minimum Gasteiger partial charge on any atom is -0.339 e. The Bertz CT molecular complexity index is 572. The number of hydrogen-bond donors (Lipinski definition) is 0. The quantitative estimate of drug-likeness (QED) is 0.781. The van der Waals surface area contributed by atoms with Crippen molar-refractivity contribution in [1.29, 1.82) is 0 Å². The fourth-order valence-electron chi connectivity index (χ4n) is 2.69. The van der Waals surface area contributed by atoms with Gasteiger partial charge in [-0.25, -0.2) is 0 Å². The first-order valence-electron chi connectivity index (χ1n) is 8.16. The highest BCUT2D eigenvalue weighted by molar-refractivity contribution is 5.98. The Morgan fingerprint density at radius 1 is 0.870 bits per heavy atom. The van der Waals surface area contributed by atoms with Gasteiger partial charge in [0.15, 0.2) is 5.78 Å². The lowest BCUT2D eigenvalue weighted by atomic mass is 10.0. The smallest absolute Gasteiger partial charge is 0.223 e. The summed E-state index contributed by atoms with van der Waals surface area (Å²) < 4.78 is 0. The van der Waals surface area contributed by atoms with Crippen molar-refractivity contribution in [2.45, 2.75) is 33.1 Å². The van der Waals surface area contributed by atoms with Gasteiger partial charge < -0.3 is 9.80 Å². The van der Waals surface area contributed by atoms with Crippen LogP contribution < -0.4 is 0 Å². The summed E-state index contributed by atoms with van der Waals surface area (Å²) in [4.78, 5) is 39.5. The molecule has 124 valence electrons. The van der Waals surface area contributed by atoms with Gasteiger partial charge in [-0.2, -0.15) is 0 Å². The second-order valence-corrected chi connectivity index (χ2v) is 5.90. The lowest BCUT2D eigenvalue weighted by Crippen LogP contribution is -2.50. The first-order chi connectivity index (χ1) is 11.0. The van der Waals surface area contributed by atoms with Crippen LogP contribution in [0.25, 0.3) is 0 Å². The average Bonchev–Trinajstić information content (AvgIpc) is 2.59. The Morgan fingerprint density at radius 3 is 1.91 bits per heavy atom. The molecule has 5 nitrogen and oxygen atoms in total. The van der Waals surface area contributed by atoms with E-state index in [0.717, 1.165) is 5.56 Å². The minimum atomic E-state index is -0.00550. The van der Waals surface area contributed by atoms with E-state index in [1.807, 2.05) is 26.0 Å². The van der Waals surface area contributed by atoms with E-state index in [1.54, 1.807) is 21.9 Å². The van der Waals surface area contributed by atoms with Crippen molar-refractivity contribution in [1.82, 2.24) is 9.80 Å². The first kappa shape index (κ1) is 17.2. The third-order valence-corrected chi connectivity index (χ3v) is 4.23. The predicted molar refractivity (Wildman–Crippen MR) is 88.2 cm³/mol. The van der Waals surface area contributed by atoms with Crippen LogP contribution >= 0.6 is 0 Å². The number of piperazine rings is 1. The van der Waals surface area contributed by atoms with Gasteiger partial charge >= 0.3 is 0 Å². The maximum atomic E-state index is 12.2. The molecule has 1 aliphatic heterocycles. The van der Waals surface area contributed by atoms with Crippen molar-refractivity contribution >= 4 is 17.6 Å². The summed E-state index contributed by atoms with van der Waals surface area (Å²) in [6.07, 6.45) is 0.962. The van der Waals surface area contributed by atoms with Crippen LogP contribution in [0.1, 0.15) is 42.1 Å². The number of carbonyl (C=O) groups excluding carboxylic acids is 3. The molecule has 2 rings (SSSR count). The molecular formula is C18H24N2O3. The third-order valence-electron chi connectivity index (χ3n) is 4.23. The molecule has 1 aliphatic rings. The Labute approximate surface area is 137 Å². The molecule has 23 heavy (non-hydrogen) atoms. The van der Waals surface area contributed by atoms with E-state index in [2.05, 4.69) is 0 Å². The van der Waals surface area contributed by atoms with E-state index in [9.17, 15) is 14.4 Å². The average molecular weight is 316 g/mol. The van der Waals surface area contributed by atoms with E-state index < -0.39 is 0 Å². The number of ketones is 1. The normalized spacial score (nSPS) is 14.7. The number of aryl methyl sites for hydroxylation is 1. The number of rotatable bonds is 5. The summed E-state index contributed by atoms with van der Waals surface area (Å²) >= 11 is 0. The Hall–Kier alpha value is -2.17. The summed E-state index contributed by atoms with van der Waals surface area (Å²) in [7, 11) is 0. The van der Waals surface area contributed by atoms with Gasteiger partial charge in [0.2, 0.25) is 11.8 Å². The monoisotopic (exact) mass is 316 g/mol. The van der Waals surface area contributed by atoms with Crippen LogP contribution in [0.2, 0.25) is 0 Å². The second-order valence-electron chi connectivity index (χ2n) is 5.90. The van der Waals surface area contributed by atoms with E-state index >= 15 is 0 Å². The lowest BCUT2D eigenvalue weighted by Gasteiger charge is -2.34. The molecule has 0 saturated carbocycles. The fraction of sp³-hybridized carbons (Fsp3) is 0.500. The van der Waals surface area contributed by atoms with Crippen molar-refractivity contribution < 1.29 is 14.4 Å². The van der Waals surface area contributed by atoms with E-state index in [1.165, 1.54) is 0 Å². The number of benzene rings is 1. The van der Waals surface area contributed by atoms with Gasteiger partial charge in [0, 0.05) is 51.0 Å². The topological polar surface area (TPSA) is 57.7 Å². The molecule has 0 aromatic heterocycles. The zero-order valence-corrected chi connectivity index (χ0v) is 13.9. The van der Waals surface area contributed by atoms with E-state index in [-0.39, 0.29) is 30.4 Å². The summed E-state index contributed by atoms with van der Waals surface area (Å²) in [5.74, 6) is 0.124. The molecule has 0 unspecified atom stereocenters. The molecule has 0 spiro atoms. The first-order valence-corrected chi connectivity index (χ1v) is 8.16. The molecule has 0 N–H and O–H groups in total. The van der Waals surface area contributed by atoms with Gasteiger partial charge in [-0.15, -0.1) is 0 Å². The molecule has 0 radical (unpaired) electrons. The summed E-state index contributed by atoms with van der Waals surface area (Å²) in [5.41, 5.74) is 1.76. The van der Waals surface area contributed by atoms with Gasteiger partial charge in [-0.3, -0.25) is 14.4 Å². The van der Waals surface area contributed by atoms with Gasteiger partial charge in [0.05, 0.1) is 0 Å². The highest BCUT2D eigenvalue weighted by Crippen LogP contribution is 2.10. The Morgan fingerprint density at radius 2 is 1.39 bits per heavy atom. The Kier molecular flexibility index (Phi) is 5.90. The van der Waals surface area contributed by atoms with Crippen LogP contribution in [-0.4, -0.2) is 53.6 Å². The summed E-state index contributed by atoms with van der Waals surface area (Å²) in [6.45, 7) is 6.11. The number of nitrogens with zero attached hydrogens (tertiary/aromatic N) is 2. The summed E-state index contributed by atoms with van der Waals surface area (Å²) in [5, 5.41) is 0. The molecule has 0 bridgehead atoms. The predicted octanol–water partition coefficient (Wildman–Crippen LogP) is 2.04. The standard InChI is InChI=1S/C18H24N2O3/c1-3-17(22)19-10-12-20(13-11-19)18(23)9-8-16(21)15-6-4-14(2)5-7-15/h4-7H,3,8-13H2,1-2H3. The lowest BCUT2D eigenvalue weighted by molar-refractivity contribution is -0.139. The van der Waals surface area contributed by atoms with Gasteiger partial charge in [-0.05, 0) is 6.92 Å². The molecule has 2 amide bonds. The minimum absolute atomic E-state index is 0.00172. The molecule has 5 heteroatoms. The van der Waals surface area contributed by atoms with Crippen LogP contribution in [0, 0.1) is 6.92 Å². The second kappa shape index (κ2) is 7.90. The highest BCUT2D eigenvalue weighted by atomic mass is 16.2. The van der Waals surface area contributed by atoms with Crippen LogP contribution in [0.4, 0.5) is 0 Å². The molecule has 1 aromatic rings. The third kappa shape index (κ3) is 4.65. The number of Topliss-reactive ketones (excluding diaryl/α,β-unsaturated/α-hetero) is 1. The van der Waals surface area contributed by atoms with Crippen LogP contribution in [0.3, 0.4) is 0 Å². The number of amides is 2. The SMILES string of the molecule is CCC(=O)N1CCN(C(=O)CCC(=O)c2ccc(C)cc2)CC1. The highest BCUT2D eigenvalue weighted by Gasteiger charge is 2.23. The Balaban J connectivity index is 1.78. The molecule has 0 aliphatic carbocycles. The van der Waals surface area contributed by atoms with E-state index in [0.29, 0.717) is 38.2 Å². The van der Waals surface area contributed by atoms with Crippen molar-refractivity contribution in [3.63, 3.8) is 0 Å². The van der Waals surface area contributed by atoms with E-state index in [4.69, 9.17) is 0 Å². The molecular weight excluding hydrogens is 292 g/mol. The fourth-order valence-corrected chi connectivity index (χ4v) is 2.69. The van der Waals surface area contributed by atoms with Crippen molar-refractivity contribution in [2.75, 3.05) is 26.2 Å². The molecule has 1 fully saturated rings. The van der Waals surface area contributed by atoms with Gasteiger partial charge in [0.1, 0.15) is 0 Å². The van der Waals surface area contributed by atoms with Gasteiger partial charge in [0.25, 0.3) is 0 Å². The van der Waals surface area contributed by atoms with Crippen LogP contribution in [-0.2, 0) is 9.59 Å². The molecule has 1 saturated heterocycles. The zero-order valence-electron chi connectivity index (χ0n) is 13.9. The van der Waals surface area contributed by atoms with Crippen molar-refractivity contribution in [3.8, 4) is 0 Å². The van der Waals surface area contributed by atoms with Crippen molar-refractivity contribution in [3.05, 3.63) is 35.4 Å². The molecule has 0 atom stereocenters. The zero-order chi connectivity index (χ0) is 16.8. The maximum absolute atomic E-state index is 12.2. The maximum Gasteiger partial charge on any atom is 0.223 e. The van der Waals surface area contributed by atoms with Gasteiger partial charge in [-0.1, -0.05) is 36.8 Å². The molecule has 1 aromatic carbocycles. The van der Waals surface area contributed by atoms with Crippen LogP contribution in [0.5, 0.6) is 0 Å². The number of hydrogen-bond acceptors (Lipinski definition) is 3. The van der Waals surface area contributed by atoms with Crippen LogP contribution in [0.15, 0.2) is 24.3 Å². The number of carbonyl (C=O) groups is 3.